The van der Waals surface area contributed by atoms with Crippen molar-refractivity contribution in [2.45, 2.75) is 68.1 Å². The molecule has 0 saturated carbocycles. The zero-order valence-corrected chi connectivity index (χ0v) is 39.8. The second-order valence-electron chi connectivity index (χ2n) is 15.4. The number of fused-ring (bicyclic) bond motifs is 4. The van der Waals surface area contributed by atoms with E-state index >= 15 is 0 Å². The first-order valence-electron chi connectivity index (χ1n) is 19.5. The molecule has 298 valence electrons. The molecule has 2 aliphatic heterocycles. The number of pyridine rings is 2. The minimum Gasteiger partial charge on any atom is -0.317 e. The van der Waals surface area contributed by atoms with E-state index in [1.807, 2.05) is 30.6 Å². The summed E-state index contributed by atoms with van der Waals surface area (Å²) in [6.07, 6.45) is 11.6. The molecule has 4 heterocycles. The molecule has 0 unspecified atom stereocenters. The van der Waals surface area contributed by atoms with Crippen molar-refractivity contribution in [3.8, 4) is 0 Å². The Balaban J connectivity index is 0.000000168. The molecule has 9 rings (SSSR count). The smallest absolute Gasteiger partial charge is 0.243 e. The lowest BCUT2D eigenvalue weighted by Crippen LogP contribution is -2.40. The Labute approximate surface area is 379 Å². The number of hydrogen-bond acceptors (Lipinski definition) is 5. The predicted molar refractivity (Wildman–Crippen MR) is 244 cm³/mol. The fraction of sp³-hybridized carbons (Fsp3) is 0.364. The molecule has 6 nitrogen and oxygen atoms in total. The topological polar surface area (TPSA) is 75.2 Å². The van der Waals surface area contributed by atoms with E-state index in [4.69, 9.17) is 33.2 Å². The molecule has 2 aliphatic carbocycles. The van der Waals surface area contributed by atoms with E-state index in [1.165, 1.54) is 51.9 Å². The first-order valence-corrected chi connectivity index (χ1v) is 24.8. The standard InChI is InChI=1S/C25H23Br2ClN2O2S.C19H19Br2ClN2/c26-19-12-18-7-6-17-13-20(28)14-22(27)23(17)24(25(18)29-15-19)16-8-10-30(11-9-16)33(31,32)21-4-2-1-3-5-21;20-14-7-13-2-1-12-8-15(22)9-16(21)17(12)18(19(13)24-10-14)11-3-5-23-6-4-11/h1-5,12-16,24H,6-11H2;7-11,18,23H,1-6H2/t24-;18-/m11/s1. The molecule has 3 aromatic carbocycles. The van der Waals surface area contributed by atoms with E-state index < -0.39 is 10.0 Å². The molecular formula is C44H42Br4Cl2N4O2S. The first-order chi connectivity index (χ1) is 27.5. The number of benzene rings is 3. The summed E-state index contributed by atoms with van der Waals surface area (Å²) in [5.41, 5.74) is 10.2. The molecule has 4 aliphatic rings. The highest BCUT2D eigenvalue weighted by Gasteiger charge is 2.38. The average molecular weight is 1080 g/mol. The highest BCUT2D eigenvalue weighted by molar-refractivity contribution is 9.11. The number of piperidine rings is 2. The summed E-state index contributed by atoms with van der Waals surface area (Å²) in [5, 5.41) is 5.02. The van der Waals surface area contributed by atoms with Crippen molar-refractivity contribution in [2.24, 2.45) is 11.8 Å². The zero-order chi connectivity index (χ0) is 39.8. The lowest BCUT2D eigenvalue weighted by molar-refractivity contribution is 0.254. The number of aryl methyl sites for hydroxylation is 4. The van der Waals surface area contributed by atoms with Crippen LogP contribution in [0.1, 0.15) is 82.3 Å². The molecule has 0 amide bonds. The van der Waals surface area contributed by atoms with Gasteiger partial charge in [0.25, 0.3) is 0 Å². The van der Waals surface area contributed by atoms with Crippen LogP contribution >= 0.6 is 86.9 Å². The van der Waals surface area contributed by atoms with Gasteiger partial charge in [-0.2, -0.15) is 4.31 Å². The fourth-order valence-corrected chi connectivity index (χ4v) is 13.9. The van der Waals surface area contributed by atoms with E-state index in [2.05, 4.69) is 93.3 Å². The van der Waals surface area contributed by atoms with Gasteiger partial charge in [0.15, 0.2) is 0 Å². The van der Waals surface area contributed by atoms with Crippen molar-refractivity contribution < 1.29 is 8.42 Å². The third-order valence-corrected chi connectivity index (χ3v) is 16.6. The first kappa shape index (κ1) is 42.0. The highest BCUT2D eigenvalue weighted by atomic mass is 79.9. The zero-order valence-electron chi connectivity index (χ0n) is 31.1. The Hall–Kier alpha value is -1.67. The molecule has 2 saturated heterocycles. The molecule has 57 heavy (non-hydrogen) atoms. The molecule has 2 atom stereocenters. The maximum Gasteiger partial charge on any atom is 0.243 e. The highest BCUT2D eigenvalue weighted by Crippen LogP contribution is 2.48. The molecule has 2 aromatic heterocycles. The van der Waals surface area contributed by atoms with Gasteiger partial charge in [0, 0.05) is 65.3 Å². The minimum atomic E-state index is -3.48. The van der Waals surface area contributed by atoms with Crippen molar-refractivity contribution in [1.29, 1.82) is 0 Å². The fourth-order valence-electron chi connectivity index (χ4n) is 9.43. The van der Waals surface area contributed by atoms with Crippen molar-refractivity contribution in [3.63, 3.8) is 0 Å². The Morgan fingerprint density at radius 1 is 0.614 bits per heavy atom. The van der Waals surface area contributed by atoms with Crippen LogP contribution in [0.4, 0.5) is 0 Å². The molecule has 0 bridgehead atoms. The van der Waals surface area contributed by atoms with E-state index in [0.29, 0.717) is 29.8 Å². The number of aromatic nitrogens is 2. The normalized spacial score (nSPS) is 20.2. The van der Waals surface area contributed by atoms with E-state index in [-0.39, 0.29) is 11.8 Å². The third kappa shape index (κ3) is 9.03. The van der Waals surface area contributed by atoms with Crippen LogP contribution in [-0.4, -0.2) is 48.9 Å². The van der Waals surface area contributed by atoms with Crippen LogP contribution < -0.4 is 5.32 Å². The van der Waals surface area contributed by atoms with Gasteiger partial charge in [0.1, 0.15) is 0 Å². The maximum absolute atomic E-state index is 13.1. The van der Waals surface area contributed by atoms with Crippen LogP contribution in [0.3, 0.4) is 0 Å². The number of halogens is 6. The van der Waals surface area contributed by atoms with Crippen molar-refractivity contribution >= 4 is 96.9 Å². The van der Waals surface area contributed by atoms with Gasteiger partial charge in [0.05, 0.1) is 16.3 Å². The van der Waals surface area contributed by atoms with Crippen molar-refractivity contribution in [1.82, 2.24) is 19.6 Å². The summed E-state index contributed by atoms with van der Waals surface area (Å²) >= 11 is 27.5. The van der Waals surface area contributed by atoms with E-state index in [0.717, 1.165) is 85.2 Å². The van der Waals surface area contributed by atoms with Crippen LogP contribution in [0.15, 0.2) is 102 Å². The molecule has 5 aromatic rings. The van der Waals surface area contributed by atoms with Gasteiger partial charge < -0.3 is 5.32 Å². The minimum absolute atomic E-state index is 0.0961. The van der Waals surface area contributed by atoms with Gasteiger partial charge in [-0.05, 0) is 190 Å². The summed E-state index contributed by atoms with van der Waals surface area (Å²) in [4.78, 5) is 10.1. The second-order valence-corrected chi connectivity index (χ2v) is 21.8. The summed E-state index contributed by atoms with van der Waals surface area (Å²) in [6.45, 7) is 3.19. The Kier molecular flexibility index (Phi) is 13.4. The summed E-state index contributed by atoms with van der Waals surface area (Å²) in [5.74, 6) is 1.35. The summed E-state index contributed by atoms with van der Waals surface area (Å²) < 4.78 is 32.1. The molecule has 2 fully saturated rings. The van der Waals surface area contributed by atoms with Gasteiger partial charge in [-0.25, -0.2) is 8.42 Å². The van der Waals surface area contributed by atoms with Crippen LogP contribution in [0.25, 0.3) is 0 Å². The number of sulfonamides is 1. The average Bonchev–Trinajstić information content (AvgIpc) is 3.47. The number of hydrogen-bond donors (Lipinski definition) is 1. The van der Waals surface area contributed by atoms with Gasteiger partial charge >= 0.3 is 0 Å². The van der Waals surface area contributed by atoms with Gasteiger partial charge in [-0.1, -0.05) is 73.3 Å². The predicted octanol–water partition coefficient (Wildman–Crippen LogP) is 12.1. The lowest BCUT2D eigenvalue weighted by Gasteiger charge is -2.36. The lowest BCUT2D eigenvalue weighted by atomic mass is 9.77. The number of rotatable bonds is 4. The third-order valence-electron chi connectivity index (χ3n) is 12.0. The molecular weight excluding hydrogens is 1040 g/mol. The summed E-state index contributed by atoms with van der Waals surface area (Å²) in [6, 6.07) is 21.4. The quantitative estimate of drug-likeness (QED) is 0.194. The van der Waals surface area contributed by atoms with Gasteiger partial charge in [0.2, 0.25) is 10.0 Å². The SMILES string of the molecule is Clc1cc(Br)c2c(c1)CCc1cc(Br)cnc1[C@@H]2C1CCNCC1.O=S(=O)(c1ccccc1)N1CCC([C@H]2c3ncc(Br)cc3CCc3cc(Cl)cc(Br)c32)CC1. The molecule has 13 heteroatoms. The summed E-state index contributed by atoms with van der Waals surface area (Å²) in [7, 11) is -3.48. The molecule has 0 spiro atoms. The Bertz CT molecular complexity index is 2390. The van der Waals surface area contributed by atoms with Crippen molar-refractivity contribution in [3.05, 3.63) is 152 Å². The molecule has 1 N–H and O–H groups in total. The van der Waals surface area contributed by atoms with Crippen LogP contribution in [0.2, 0.25) is 10.0 Å². The maximum atomic E-state index is 13.1. The number of nitrogens with zero attached hydrogens (tertiary/aromatic N) is 3. The van der Waals surface area contributed by atoms with Gasteiger partial charge in [-0.15, -0.1) is 0 Å². The van der Waals surface area contributed by atoms with E-state index in [1.54, 1.807) is 28.6 Å². The second kappa shape index (κ2) is 18.1. The molecule has 0 radical (unpaired) electrons. The number of nitrogens with one attached hydrogen (secondary N) is 1. The Morgan fingerprint density at radius 3 is 1.56 bits per heavy atom. The van der Waals surface area contributed by atoms with Crippen molar-refractivity contribution in [2.75, 3.05) is 26.2 Å². The van der Waals surface area contributed by atoms with Crippen LogP contribution in [0, 0.1) is 11.8 Å². The monoisotopic (exact) mass is 1080 g/mol. The van der Waals surface area contributed by atoms with Gasteiger partial charge in [-0.3, -0.25) is 9.97 Å². The largest absolute Gasteiger partial charge is 0.317 e. The Morgan fingerprint density at radius 2 is 1.07 bits per heavy atom. The van der Waals surface area contributed by atoms with E-state index in [9.17, 15) is 8.42 Å². The van der Waals surface area contributed by atoms with Crippen LogP contribution in [-0.2, 0) is 35.7 Å². The van der Waals surface area contributed by atoms with Crippen LogP contribution in [0.5, 0.6) is 0 Å².